The maximum atomic E-state index is 11.7. The van der Waals surface area contributed by atoms with Crippen LogP contribution in [0.3, 0.4) is 0 Å². The molecule has 4 aliphatic rings. The number of hydrogen-bond donors (Lipinski definition) is 1. The van der Waals surface area contributed by atoms with Crippen LogP contribution >= 0.6 is 0 Å². The minimum atomic E-state index is -0.174. The van der Waals surface area contributed by atoms with Crippen molar-refractivity contribution in [3.63, 3.8) is 0 Å². The molecule has 4 saturated carbocycles. The van der Waals surface area contributed by atoms with Crippen molar-refractivity contribution < 1.29 is 0 Å². The molecule has 0 saturated heterocycles. The van der Waals surface area contributed by atoms with Gasteiger partial charge in [-0.25, -0.2) is 4.68 Å². The Morgan fingerprint density at radius 2 is 1.74 bits per heavy atom. The number of hydrogen-bond acceptors (Lipinski definition) is 3. The number of aromatic nitrogens is 2. The summed E-state index contributed by atoms with van der Waals surface area (Å²) in [6.07, 6.45) is 6.91. The van der Waals surface area contributed by atoms with Crippen molar-refractivity contribution in [2.45, 2.75) is 38.0 Å². The van der Waals surface area contributed by atoms with E-state index in [0.717, 1.165) is 29.4 Å². The molecule has 4 fully saturated rings. The normalized spacial score (nSPS) is 39.7. The van der Waals surface area contributed by atoms with Crippen LogP contribution in [0.4, 0.5) is 5.69 Å². The van der Waals surface area contributed by atoms with Crippen LogP contribution in [0.15, 0.2) is 10.9 Å². The number of nitrogens with zero attached hydrogens (tertiary/aromatic N) is 2. The van der Waals surface area contributed by atoms with E-state index in [2.05, 4.69) is 5.10 Å². The number of nitrogens with two attached hydrogens (primary N) is 1. The van der Waals surface area contributed by atoms with Crippen LogP contribution in [-0.4, -0.2) is 9.78 Å². The van der Waals surface area contributed by atoms with E-state index in [4.69, 9.17) is 5.73 Å². The summed E-state index contributed by atoms with van der Waals surface area (Å²) in [6.45, 7) is 0. The van der Waals surface area contributed by atoms with Crippen molar-refractivity contribution in [1.29, 1.82) is 0 Å². The third-order valence-corrected chi connectivity index (χ3v) is 5.68. The van der Waals surface area contributed by atoms with E-state index >= 15 is 0 Å². The summed E-state index contributed by atoms with van der Waals surface area (Å²) in [4.78, 5) is 11.7. The first-order valence-corrected chi connectivity index (χ1v) is 7.45. The van der Waals surface area contributed by atoms with Gasteiger partial charge in [-0.05, 0) is 61.8 Å². The van der Waals surface area contributed by atoms with Crippen molar-refractivity contribution in [3.8, 4) is 0 Å². The fourth-order valence-electron chi connectivity index (χ4n) is 5.23. The highest BCUT2D eigenvalue weighted by atomic mass is 16.1. The van der Waals surface area contributed by atoms with Crippen molar-refractivity contribution in [2.75, 3.05) is 5.73 Å². The molecule has 102 valence electrons. The third kappa shape index (κ3) is 1.65. The van der Waals surface area contributed by atoms with Gasteiger partial charge in [0.15, 0.2) is 0 Å². The number of rotatable bonds is 1. The van der Waals surface area contributed by atoms with E-state index in [0.29, 0.717) is 11.6 Å². The highest BCUT2D eigenvalue weighted by Crippen LogP contribution is 2.59. The summed E-state index contributed by atoms with van der Waals surface area (Å²) in [5.74, 6) is 4.02. The summed E-state index contributed by atoms with van der Waals surface area (Å²) >= 11 is 0. The van der Waals surface area contributed by atoms with Crippen LogP contribution in [0.25, 0.3) is 0 Å². The third-order valence-electron chi connectivity index (χ3n) is 5.68. The Balaban J connectivity index is 1.75. The molecular formula is C15H21N3O. The summed E-state index contributed by atoms with van der Waals surface area (Å²) in [6, 6.07) is 1.84. The molecule has 1 aromatic rings. The van der Waals surface area contributed by atoms with E-state index in [1.54, 1.807) is 7.05 Å². The van der Waals surface area contributed by atoms with Crippen LogP contribution in [-0.2, 0) is 7.05 Å². The molecule has 0 amide bonds. The van der Waals surface area contributed by atoms with Crippen molar-refractivity contribution in [1.82, 2.24) is 9.78 Å². The lowest BCUT2D eigenvalue weighted by molar-refractivity contribution is -0.00465. The number of anilines is 1. The van der Waals surface area contributed by atoms with Crippen LogP contribution < -0.4 is 11.3 Å². The molecule has 0 spiro atoms. The molecule has 4 bridgehead atoms. The second-order valence-electron chi connectivity index (χ2n) is 6.91. The van der Waals surface area contributed by atoms with Crippen LogP contribution in [0, 0.1) is 23.7 Å². The molecule has 4 nitrogen and oxygen atoms in total. The molecule has 0 aromatic carbocycles. The fraction of sp³-hybridized carbons (Fsp3) is 0.733. The molecule has 0 unspecified atom stereocenters. The van der Waals surface area contributed by atoms with Gasteiger partial charge in [0, 0.05) is 13.0 Å². The molecule has 1 heterocycles. The van der Waals surface area contributed by atoms with Gasteiger partial charge in [0.05, 0.1) is 5.69 Å². The Hall–Kier alpha value is -1.32. The average molecular weight is 259 g/mol. The molecule has 4 aliphatic carbocycles. The van der Waals surface area contributed by atoms with E-state index < -0.39 is 0 Å². The largest absolute Gasteiger partial charge is 0.394 e. The van der Waals surface area contributed by atoms with E-state index in [1.165, 1.54) is 36.8 Å². The van der Waals surface area contributed by atoms with Crippen molar-refractivity contribution >= 4 is 5.69 Å². The zero-order valence-corrected chi connectivity index (χ0v) is 11.4. The lowest BCUT2D eigenvalue weighted by atomic mass is 9.51. The molecule has 5 rings (SSSR count). The molecule has 0 aliphatic heterocycles. The van der Waals surface area contributed by atoms with Gasteiger partial charge in [-0.3, -0.25) is 4.79 Å². The Morgan fingerprint density at radius 3 is 2.26 bits per heavy atom. The Kier molecular flexibility index (Phi) is 2.32. The predicted molar refractivity (Wildman–Crippen MR) is 73.7 cm³/mol. The standard InChI is InChI=1S/C15H21N3O/c1-18-15(19)12(16)7-13(17-18)14-10-3-8-2-9(5-10)6-11(14)4-8/h7-11,14H,2-6,16H2,1H3. The maximum Gasteiger partial charge on any atom is 0.289 e. The van der Waals surface area contributed by atoms with Gasteiger partial charge in [-0.1, -0.05) is 0 Å². The molecule has 0 radical (unpaired) electrons. The highest BCUT2D eigenvalue weighted by Gasteiger charge is 2.49. The maximum absolute atomic E-state index is 11.7. The number of nitrogen functional groups attached to an aromatic ring is 1. The highest BCUT2D eigenvalue weighted by molar-refractivity contribution is 5.37. The lowest BCUT2D eigenvalue weighted by Gasteiger charge is -2.54. The zero-order chi connectivity index (χ0) is 13.1. The molecule has 2 N–H and O–H groups in total. The minimum absolute atomic E-state index is 0.174. The van der Waals surface area contributed by atoms with Crippen LogP contribution in [0.2, 0.25) is 0 Å². The van der Waals surface area contributed by atoms with Gasteiger partial charge >= 0.3 is 0 Å². The van der Waals surface area contributed by atoms with Crippen molar-refractivity contribution in [2.24, 2.45) is 30.7 Å². The van der Waals surface area contributed by atoms with Crippen molar-refractivity contribution in [3.05, 3.63) is 22.1 Å². The van der Waals surface area contributed by atoms with Gasteiger partial charge in [-0.15, -0.1) is 0 Å². The zero-order valence-electron chi connectivity index (χ0n) is 11.4. The van der Waals surface area contributed by atoms with E-state index in [1.807, 2.05) is 6.07 Å². The Labute approximate surface area is 113 Å². The predicted octanol–water partition coefficient (Wildman–Crippen LogP) is 1.90. The Bertz CT molecular complexity index is 523. The van der Waals surface area contributed by atoms with Crippen LogP contribution in [0.5, 0.6) is 0 Å². The molecule has 0 atom stereocenters. The Morgan fingerprint density at radius 1 is 1.16 bits per heavy atom. The topological polar surface area (TPSA) is 60.9 Å². The minimum Gasteiger partial charge on any atom is -0.394 e. The average Bonchev–Trinajstić information content (AvgIpc) is 2.34. The quantitative estimate of drug-likeness (QED) is 0.838. The molecule has 19 heavy (non-hydrogen) atoms. The SMILES string of the molecule is Cn1nc(C2C3CC4CC(C3)CC2C4)cc(N)c1=O. The summed E-state index contributed by atoms with van der Waals surface area (Å²) in [5.41, 5.74) is 7.08. The first kappa shape index (κ1) is 11.5. The number of aryl methyl sites for hydroxylation is 1. The van der Waals surface area contributed by atoms with Gasteiger partial charge in [0.1, 0.15) is 5.69 Å². The smallest absolute Gasteiger partial charge is 0.289 e. The fourth-order valence-corrected chi connectivity index (χ4v) is 5.23. The van der Waals surface area contributed by atoms with E-state index in [-0.39, 0.29) is 5.56 Å². The summed E-state index contributed by atoms with van der Waals surface area (Å²) < 4.78 is 1.41. The summed E-state index contributed by atoms with van der Waals surface area (Å²) in [5, 5.41) is 4.50. The lowest BCUT2D eigenvalue weighted by Crippen LogP contribution is -2.44. The first-order valence-electron chi connectivity index (χ1n) is 7.45. The molecular weight excluding hydrogens is 238 g/mol. The van der Waals surface area contributed by atoms with Gasteiger partial charge in [0.2, 0.25) is 0 Å². The molecule has 1 aromatic heterocycles. The monoisotopic (exact) mass is 259 g/mol. The summed E-state index contributed by atoms with van der Waals surface area (Å²) in [7, 11) is 1.71. The van der Waals surface area contributed by atoms with Gasteiger partial charge in [-0.2, -0.15) is 5.10 Å². The second kappa shape index (κ2) is 3.84. The first-order chi connectivity index (χ1) is 9.11. The van der Waals surface area contributed by atoms with Gasteiger partial charge < -0.3 is 5.73 Å². The molecule has 4 heteroatoms. The van der Waals surface area contributed by atoms with Gasteiger partial charge in [0.25, 0.3) is 5.56 Å². The second-order valence-corrected chi connectivity index (χ2v) is 6.91. The van der Waals surface area contributed by atoms with E-state index in [9.17, 15) is 4.79 Å². The van der Waals surface area contributed by atoms with Crippen LogP contribution in [0.1, 0.15) is 43.7 Å².